The minimum absolute atomic E-state index is 0.163. The summed E-state index contributed by atoms with van der Waals surface area (Å²) >= 11 is 0. The van der Waals surface area contributed by atoms with Crippen LogP contribution in [-0.2, 0) is 33.7 Å². The maximum absolute atomic E-state index is 13.4. The van der Waals surface area contributed by atoms with Gasteiger partial charge in [0.15, 0.2) is 23.0 Å². The minimum Gasteiger partial charge on any atom is -0.453 e. The van der Waals surface area contributed by atoms with E-state index in [0.717, 1.165) is 72.4 Å². The molecule has 9 nitrogen and oxygen atoms in total. The van der Waals surface area contributed by atoms with Crippen LogP contribution in [0.4, 0.5) is 22.7 Å². The first-order chi connectivity index (χ1) is 27.0. The molecule has 55 heavy (non-hydrogen) atoms. The van der Waals surface area contributed by atoms with Crippen LogP contribution in [-0.4, -0.2) is 24.9 Å². The van der Waals surface area contributed by atoms with Gasteiger partial charge < -0.3 is 14.4 Å². The molecule has 4 aromatic carbocycles. The first-order valence-electron chi connectivity index (χ1n) is 19.1. The van der Waals surface area contributed by atoms with Crippen molar-refractivity contribution >= 4 is 33.7 Å². The Hall–Kier alpha value is -5.71. The zero-order chi connectivity index (χ0) is 37.8. The van der Waals surface area contributed by atoms with Crippen LogP contribution in [0, 0.1) is 0 Å². The van der Waals surface area contributed by atoms with Crippen molar-refractivity contribution in [2.24, 2.45) is 0 Å². The van der Waals surface area contributed by atoms with Gasteiger partial charge in [-0.25, -0.2) is 12.6 Å². The Kier molecular flexibility index (Phi) is 10.5. The molecular weight excluding hydrogens is 709 g/mol. The Morgan fingerprint density at radius 1 is 0.691 bits per heavy atom. The zero-order valence-electron chi connectivity index (χ0n) is 31.1. The van der Waals surface area contributed by atoms with Gasteiger partial charge in [0.2, 0.25) is 5.72 Å². The number of rotatable bonds is 14. The van der Waals surface area contributed by atoms with Crippen LogP contribution >= 0.6 is 0 Å². The third-order valence-corrected chi connectivity index (χ3v) is 10.7. The van der Waals surface area contributed by atoms with Crippen molar-refractivity contribution in [3.63, 3.8) is 0 Å². The van der Waals surface area contributed by atoms with E-state index >= 15 is 0 Å². The molecule has 0 spiro atoms. The molecule has 0 fully saturated rings. The number of anilines is 4. The second-order valence-electron chi connectivity index (χ2n) is 13.9. The van der Waals surface area contributed by atoms with Gasteiger partial charge in [0.25, 0.3) is 11.0 Å². The fraction of sp³-hybridized carbons (Fsp3) is 0.244. The molecule has 10 heteroatoms. The summed E-state index contributed by atoms with van der Waals surface area (Å²) in [6.45, 7) is 4.66. The van der Waals surface area contributed by atoms with Crippen molar-refractivity contribution in [3.05, 3.63) is 144 Å². The molecule has 0 amide bonds. The lowest BCUT2D eigenvalue weighted by Crippen LogP contribution is -2.49. The van der Waals surface area contributed by atoms with Crippen molar-refractivity contribution in [3.8, 4) is 34.3 Å². The summed E-state index contributed by atoms with van der Waals surface area (Å²) < 4.78 is 46.3. The third-order valence-electron chi connectivity index (χ3n) is 10.2. The maximum atomic E-state index is 13.4. The molecule has 1 atom stereocenters. The van der Waals surface area contributed by atoms with Gasteiger partial charge in [-0.3, -0.25) is 14.9 Å². The SMILES string of the molecule is CCCCc1cc2c(c(-c3ccccn3)c1)N(C(CCN1c3ccccc3Oc3ccccc31)(O[SH](=O)=O)c1cccc(CCCC)n1)c1ccccc1O2. The molecule has 2 aromatic heterocycles. The van der Waals surface area contributed by atoms with Gasteiger partial charge in [-0.2, -0.15) is 0 Å². The monoisotopic (exact) mass is 752 g/mol. The Morgan fingerprint density at radius 3 is 2.00 bits per heavy atom. The second-order valence-corrected chi connectivity index (χ2v) is 14.5. The lowest BCUT2D eigenvalue weighted by Gasteiger charge is -2.47. The molecular formula is C45H44N4O5S. The third kappa shape index (κ3) is 7.15. The summed E-state index contributed by atoms with van der Waals surface area (Å²) in [6.07, 6.45) is 7.49. The van der Waals surface area contributed by atoms with Gasteiger partial charge in [-0.05, 0) is 104 Å². The van der Waals surface area contributed by atoms with E-state index in [0.29, 0.717) is 46.6 Å². The molecule has 280 valence electrons. The van der Waals surface area contributed by atoms with Crippen molar-refractivity contribution < 1.29 is 22.1 Å². The summed E-state index contributed by atoms with van der Waals surface area (Å²) in [7, 11) is -3.43. The standard InChI is InChI=1S/C45H44N4O5S/c1-3-5-16-32-30-34(35-19-13-14-28-46-35)44-42(31-32)53-41-25-12-9-22-38(41)49(44)45(54-55(50)51,43-26-15-18-33(47-43)17-6-4-2)27-29-48-36-20-7-10-23-39(36)52-40-24-11-8-21-37(40)48/h7-15,18-26,28,30-31,55H,3-6,16-17,27,29H2,1-2H3. The van der Waals surface area contributed by atoms with Gasteiger partial charge in [0.1, 0.15) is 0 Å². The number of nitrogens with zero attached hydrogens (tertiary/aromatic N) is 4. The van der Waals surface area contributed by atoms with E-state index in [2.05, 4.69) is 30.9 Å². The minimum atomic E-state index is -3.43. The molecule has 1 unspecified atom stereocenters. The molecule has 2 aliphatic heterocycles. The first kappa shape index (κ1) is 36.3. The fourth-order valence-electron chi connectivity index (χ4n) is 7.65. The highest BCUT2D eigenvalue weighted by molar-refractivity contribution is 7.67. The first-order valence-corrected chi connectivity index (χ1v) is 20.2. The fourth-order valence-corrected chi connectivity index (χ4v) is 8.16. The van der Waals surface area contributed by atoms with Crippen LogP contribution < -0.4 is 19.3 Å². The second kappa shape index (κ2) is 15.9. The van der Waals surface area contributed by atoms with Gasteiger partial charge in [-0.15, -0.1) is 0 Å². The number of aromatic nitrogens is 2. The summed E-state index contributed by atoms with van der Waals surface area (Å²) in [5.74, 6) is 2.59. The van der Waals surface area contributed by atoms with Crippen LogP contribution in [0.3, 0.4) is 0 Å². The summed E-state index contributed by atoms with van der Waals surface area (Å²) in [6, 6.07) is 39.3. The molecule has 0 aliphatic carbocycles. The Labute approximate surface area is 324 Å². The number of fused-ring (bicyclic) bond motifs is 4. The van der Waals surface area contributed by atoms with E-state index < -0.39 is 16.7 Å². The number of hydrogen-bond acceptors (Lipinski definition) is 9. The predicted molar refractivity (Wildman–Crippen MR) is 217 cm³/mol. The van der Waals surface area contributed by atoms with Crippen molar-refractivity contribution in [1.29, 1.82) is 0 Å². The Bertz CT molecular complexity index is 2330. The summed E-state index contributed by atoms with van der Waals surface area (Å²) in [5, 5.41) is 0. The van der Waals surface area contributed by atoms with Gasteiger partial charge in [0.05, 0.1) is 34.1 Å². The highest BCUT2D eigenvalue weighted by atomic mass is 32.2. The number of hydrogen-bond donors (Lipinski definition) is 1. The highest BCUT2D eigenvalue weighted by Crippen LogP contribution is 2.57. The summed E-state index contributed by atoms with van der Waals surface area (Å²) in [4.78, 5) is 14.2. The number of thiol groups is 1. The van der Waals surface area contributed by atoms with E-state index in [1.807, 2.05) is 114 Å². The molecule has 0 bridgehead atoms. The molecule has 0 N–H and O–H groups in total. The largest absolute Gasteiger partial charge is 0.453 e. The maximum Gasteiger partial charge on any atom is 0.259 e. The van der Waals surface area contributed by atoms with Crippen LogP contribution in [0.5, 0.6) is 23.0 Å². The number of pyridine rings is 2. The number of para-hydroxylation sites is 6. The quantitative estimate of drug-likeness (QED) is 0.109. The van der Waals surface area contributed by atoms with Crippen molar-refractivity contribution in [2.45, 2.75) is 64.5 Å². The van der Waals surface area contributed by atoms with Crippen molar-refractivity contribution in [1.82, 2.24) is 9.97 Å². The van der Waals surface area contributed by atoms with E-state index in [1.54, 1.807) is 6.20 Å². The lowest BCUT2D eigenvalue weighted by atomic mass is 9.93. The lowest BCUT2D eigenvalue weighted by molar-refractivity contribution is 0.0733. The Balaban J connectivity index is 1.40. The van der Waals surface area contributed by atoms with Gasteiger partial charge in [-0.1, -0.05) is 75.2 Å². The van der Waals surface area contributed by atoms with Crippen LogP contribution in [0.2, 0.25) is 0 Å². The van der Waals surface area contributed by atoms with Gasteiger partial charge >= 0.3 is 0 Å². The molecule has 6 aromatic rings. The average Bonchev–Trinajstić information content (AvgIpc) is 3.22. The van der Waals surface area contributed by atoms with E-state index in [9.17, 15) is 8.42 Å². The topological polar surface area (TPSA) is 94.1 Å². The van der Waals surface area contributed by atoms with Crippen molar-refractivity contribution in [2.75, 3.05) is 16.3 Å². The van der Waals surface area contributed by atoms with Crippen LogP contribution in [0.1, 0.15) is 62.9 Å². The number of ether oxygens (including phenoxy) is 2. The van der Waals surface area contributed by atoms with Crippen LogP contribution in [0.15, 0.2) is 128 Å². The smallest absolute Gasteiger partial charge is 0.259 e. The summed E-state index contributed by atoms with van der Waals surface area (Å²) in [5.41, 5.74) is 5.30. The average molecular weight is 753 g/mol. The molecule has 8 rings (SSSR count). The predicted octanol–water partition coefficient (Wildman–Crippen LogP) is 10.8. The number of unbranched alkanes of at least 4 members (excludes halogenated alkanes) is 2. The molecule has 4 heterocycles. The molecule has 0 saturated carbocycles. The van der Waals surface area contributed by atoms with Gasteiger partial charge in [0, 0.05) is 30.4 Å². The van der Waals surface area contributed by atoms with E-state index in [-0.39, 0.29) is 6.42 Å². The molecule has 0 radical (unpaired) electrons. The van der Waals surface area contributed by atoms with E-state index in [4.69, 9.17) is 23.6 Å². The zero-order valence-corrected chi connectivity index (χ0v) is 32.0. The normalized spacial score (nSPS) is 13.9. The van der Waals surface area contributed by atoms with Crippen LogP contribution in [0.25, 0.3) is 11.3 Å². The Morgan fingerprint density at radius 2 is 1.33 bits per heavy atom. The van der Waals surface area contributed by atoms with E-state index in [1.165, 1.54) is 0 Å². The number of aryl methyl sites for hydroxylation is 2. The molecule has 0 saturated heterocycles. The number of benzene rings is 4. The highest BCUT2D eigenvalue weighted by Gasteiger charge is 2.49. The molecule has 2 aliphatic rings.